The van der Waals surface area contributed by atoms with Crippen molar-refractivity contribution in [1.29, 1.82) is 0 Å². The number of hydrogen-bond acceptors (Lipinski definition) is 3. The summed E-state index contributed by atoms with van der Waals surface area (Å²) < 4.78 is 1.12. The smallest absolute Gasteiger partial charge is 0.128 e. The monoisotopic (exact) mass is 419 g/mol. The van der Waals surface area contributed by atoms with Gasteiger partial charge in [-0.15, -0.1) is 11.3 Å². The molecule has 0 fully saturated rings. The van der Waals surface area contributed by atoms with E-state index in [1.165, 1.54) is 27.8 Å². The van der Waals surface area contributed by atoms with Gasteiger partial charge in [0.15, 0.2) is 0 Å². The standard InChI is InChI=1S/C28H21NOS/c1-28(2)22-11-7-6-10-19(22)20-16-25(30)21(15-23(20)28)27-29-24-13-12-18(14-26(24)31-27)17-8-4-3-5-9-17/h3-16,30H,1-2H3. The molecule has 5 aromatic rings. The van der Waals surface area contributed by atoms with Gasteiger partial charge in [0.25, 0.3) is 0 Å². The molecule has 0 radical (unpaired) electrons. The van der Waals surface area contributed by atoms with Crippen LogP contribution in [0.4, 0.5) is 0 Å². The topological polar surface area (TPSA) is 33.1 Å². The van der Waals surface area contributed by atoms with Crippen molar-refractivity contribution in [3.63, 3.8) is 0 Å². The summed E-state index contributed by atoms with van der Waals surface area (Å²) in [5.41, 5.74) is 8.91. The Morgan fingerprint density at radius 2 is 1.48 bits per heavy atom. The van der Waals surface area contributed by atoms with Crippen molar-refractivity contribution in [2.24, 2.45) is 0 Å². The maximum atomic E-state index is 10.9. The van der Waals surface area contributed by atoms with Crippen molar-refractivity contribution in [1.82, 2.24) is 4.98 Å². The third-order valence-electron chi connectivity index (χ3n) is 6.43. The Kier molecular flexibility index (Phi) is 3.87. The molecule has 1 N–H and O–H groups in total. The van der Waals surface area contributed by atoms with Crippen molar-refractivity contribution in [3.05, 3.63) is 96.1 Å². The van der Waals surface area contributed by atoms with E-state index in [1.54, 1.807) is 11.3 Å². The van der Waals surface area contributed by atoms with E-state index in [-0.39, 0.29) is 11.2 Å². The van der Waals surface area contributed by atoms with Gasteiger partial charge in [0.05, 0.1) is 15.8 Å². The molecule has 6 rings (SSSR count). The molecule has 1 aliphatic carbocycles. The highest BCUT2D eigenvalue weighted by Crippen LogP contribution is 2.52. The SMILES string of the molecule is CC1(C)c2ccccc2-c2cc(O)c(-c3nc4ccc(-c5ccccc5)cc4s3)cc21. The predicted octanol–water partition coefficient (Wildman–Crippen LogP) is 7.64. The van der Waals surface area contributed by atoms with Crippen LogP contribution in [0.15, 0.2) is 84.9 Å². The third-order valence-corrected chi connectivity index (χ3v) is 7.48. The van der Waals surface area contributed by atoms with Gasteiger partial charge < -0.3 is 5.11 Å². The highest BCUT2D eigenvalue weighted by molar-refractivity contribution is 7.21. The number of fused-ring (bicyclic) bond motifs is 4. The Bertz CT molecular complexity index is 1460. The zero-order valence-corrected chi connectivity index (χ0v) is 18.2. The molecular weight excluding hydrogens is 398 g/mol. The molecule has 4 aromatic carbocycles. The molecule has 0 aliphatic heterocycles. The number of rotatable bonds is 2. The number of benzene rings is 4. The molecule has 0 unspecified atom stereocenters. The average molecular weight is 420 g/mol. The molecular formula is C28H21NOS. The van der Waals surface area contributed by atoms with Crippen LogP contribution in [0, 0.1) is 0 Å². The largest absolute Gasteiger partial charge is 0.507 e. The van der Waals surface area contributed by atoms with E-state index in [9.17, 15) is 5.11 Å². The van der Waals surface area contributed by atoms with Crippen molar-refractivity contribution in [3.8, 4) is 38.6 Å². The van der Waals surface area contributed by atoms with Gasteiger partial charge in [-0.25, -0.2) is 4.98 Å². The molecule has 0 spiro atoms. The van der Waals surface area contributed by atoms with Crippen LogP contribution in [0.5, 0.6) is 5.75 Å². The summed E-state index contributed by atoms with van der Waals surface area (Å²) in [7, 11) is 0. The molecule has 0 atom stereocenters. The second kappa shape index (κ2) is 6.53. The van der Waals surface area contributed by atoms with E-state index in [2.05, 4.69) is 86.6 Å². The fourth-order valence-electron chi connectivity index (χ4n) is 4.76. The minimum absolute atomic E-state index is 0.106. The summed E-state index contributed by atoms with van der Waals surface area (Å²) in [5, 5.41) is 11.8. The van der Waals surface area contributed by atoms with E-state index in [1.807, 2.05) is 12.1 Å². The lowest BCUT2D eigenvalue weighted by atomic mass is 9.82. The van der Waals surface area contributed by atoms with Crippen LogP contribution in [0.1, 0.15) is 25.0 Å². The molecule has 1 aromatic heterocycles. The first kappa shape index (κ1) is 18.3. The van der Waals surface area contributed by atoms with E-state index in [0.717, 1.165) is 26.4 Å². The van der Waals surface area contributed by atoms with Gasteiger partial charge in [0.2, 0.25) is 0 Å². The van der Waals surface area contributed by atoms with Crippen LogP contribution in [0.25, 0.3) is 43.0 Å². The van der Waals surface area contributed by atoms with Crippen molar-refractivity contribution in [2.45, 2.75) is 19.3 Å². The summed E-state index contributed by atoms with van der Waals surface area (Å²) in [6, 6.07) is 29.3. The molecule has 1 heterocycles. The lowest BCUT2D eigenvalue weighted by Gasteiger charge is -2.22. The lowest BCUT2D eigenvalue weighted by molar-refractivity contribution is 0.477. The Balaban J connectivity index is 1.49. The zero-order valence-electron chi connectivity index (χ0n) is 17.4. The Morgan fingerprint density at radius 3 is 2.32 bits per heavy atom. The molecule has 1 aliphatic rings. The lowest BCUT2D eigenvalue weighted by Crippen LogP contribution is -2.14. The molecule has 0 saturated carbocycles. The minimum Gasteiger partial charge on any atom is -0.507 e. The van der Waals surface area contributed by atoms with E-state index in [0.29, 0.717) is 0 Å². The third kappa shape index (κ3) is 2.74. The van der Waals surface area contributed by atoms with Crippen LogP contribution < -0.4 is 0 Å². The highest BCUT2D eigenvalue weighted by atomic mass is 32.1. The summed E-state index contributed by atoms with van der Waals surface area (Å²) >= 11 is 1.63. The van der Waals surface area contributed by atoms with Gasteiger partial charge in [-0.3, -0.25) is 0 Å². The van der Waals surface area contributed by atoms with Gasteiger partial charge in [-0.1, -0.05) is 74.5 Å². The number of thiazole rings is 1. The maximum Gasteiger partial charge on any atom is 0.128 e. The number of aromatic nitrogens is 1. The summed E-state index contributed by atoms with van der Waals surface area (Å²) in [6.07, 6.45) is 0. The molecule has 0 saturated heterocycles. The van der Waals surface area contributed by atoms with Gasteiger partial charge in [-0.05, 0) is 57.6 Å². The maximum absolute atomic E-state index is 10.9. The number of aromatic hydroxyl groups is 1. The van der Waals surface area contributed by atoms with Gasteiger partial charge in [0, 0.05) is 5.41 Å². The molecule has 2 nitrogen and oxygen atoms in total. The van der Waals surface area contributed by atoms with Gasteiger partial charge >= 0.3 is 0 Å². The van der Waals surface area contributed by atoms with Crippen molar-refractivity contribution < 1.29 is 5.11 Å². The van der Waals surface area contributed by atoms with Gasteiger partial charge in [-0.2, -0.15) is 0 Å². The summed E-state index contributed by atoms with van der Waals surface area (Å²) in [5.74, 6) is 0.286. The Labute approximate surface area is 185 Å². The summed E-state index contributed by atoms with van der Waals surface area (Å²) in [4.78, 5) is 4.86. The summed E-state index contributed by atoms with van der Waals surface area (Å²) in [6.45, 7) is 4.51. The van der Waals surface area contributed by atoms with Gasteiger partial charge in [0.1, 0.15) is 10.8 Å². The van der Waals surface area contributed by atoms with Crippen LogP contribution in [0.2, 0.25) is 0 Å². The van der Waals surface area contributed by atoms with E-state index in [4.69, 9.17) is 4.98 Å². The Morgan fingerprint density at radius 1 is 0.710 bits per heavy atom. The first-order valence-electron chi connectivity index (χ1n) is 10.5. The number of phenols is 1. The Hall–Kier alpha value is -3.43. The van der Waals surface area contributed by atoms with E-state index < -0.39 is 0 Å². The molecule has 150 valence electrons. The van der Waals surface area contributed by atoms with Crippen molar-refractivity contribution >= 4 is 21.6 Å². The number of phenolic OH excluding ortho intramolecular Hbond substituents is 1. The molecule has 0 bridgehead atoms. The fourth-order valence-corrected chi connectivity index (χ4v) is 5.79. The average Bonchev–Trinajstić information content (AvgIpc) is 3.30. The minimum atomic E-state index is -0.106. The number of hydrogen-bond donors (Lipinski definition) is 1. The predicted molar refractivity (Wildman–Crippen MR) is 130 cm³/mol. The fraction of sp³-hybridized carbons (Fsp3) is 0.107. The first-order chi connectivity index (χ1) is 15.0. The van der Waals surface area contributed by atoms with Crippen LogP contribution in [0.3, 0.4) is 0 Å². The van der Waals surface area contributed by atoms with E-state index >= 15 is 0 Å². The highest BCUT2D eigenvalue weighted by Gasteiger charge is 2.36. The zero-order chi connectivity index (χ0) is 21.2. The number of nitrogens with zero attached hydrogens (tertiary/aromatic N) is 1. The normalized spacial score (nSPS) is 13.9. The first-order valence-corrected chi connectivity index (χ1v) is 11.3. The van der Waals surface area contributed by atoms with Crippen molar-refractivity contribution in [2.75, 3.05) is 0 Å². The second-order valence-corrected chi connectivity index (χ2v) is 9.68. The molecule has 31 heavy (non-hydrogen) atoms. The molecule has 3 heteroatoms. The second-order valence-electron chi connectivity index (χ2n) is 8.65. The van der Waals surface area contributed by atoms with Crippen LogP contribution >= 0.6 is 11.3 Å². The van der Waals surface area contributed by atoms with Crippen LogP contribution in [-0.4, -0.2) is 10.1 Å². The quantitative estimate of drug-likeness (QED) is 0.319. The van der Waals surface area contributed by atoms with Crippen LogP contribution in [-0.2, 0) is 5.41 Å². The molecule has 0 amide bonds.